The Kier molecular flexibility index (Phi) is 6.09. The highest BCUT2D eigenvalue weighted by Gasteiger charge is 2.29. The first kappa shape index (κ1) is 22.4. The Morgan fingerprint density at radius 1 is 1.03 bits per heavy atom. The number of carbonyl (C=O) groups is 1. The summed E-state index contributed by atoms with van der Waals surface area (Å²) >= 11 is 0. The van der Waals surface area contributed by atoms with Gasteiger partial charge in [-0.1, -0.05) is 48.5 Å². The van der Waals surface area contributed by atoms with Crippen molar-refractivity contribution in [2.45, 2.75) is 11.0 Å². The van der Waals surface area contributed by atoms with E-state index in [4.69, 9.17) is 5.11 Å². The molecule has 0 spiro atoms. The molecule has 170 valence electrons. The number of nitrogens with zero attached hydrogens (tertiary/aromatic N) is 3. The van der Waals surface area contributed by atoms with Crippen molar-refractivity contribution in [3.8, 4) is 11.4 Å². The van der Waals surface area contributed by atoms with Gasteiger partial charge in [0.25, 0.3) is 10.0 Å². The predicted molar refractivity (Wildman–Crippen MR) is 121 cm³/mol. The van der Waals surface area contributed by atoms with E-state index in [0.717, 1.165) is 0 Å². The van der Waals surface area contributed by atoms with Crippen LogP contribution in [0.2, 0.25) is 0 Å². The fourth-order valence-corrected chi connectivity index (χ4v) is 4.74. The summed E-state index contributed by atoms with van der Waals surface area (Å²) in [5.41, 5.74) is -0.0721. The van der Waals surface area contributed by atoms with Gasteiger partial charge in [0.05, 0.1) is 23.0 Å². The zero-order valence-electron chi connectivity index (χ0n) is 17.2. The molecular weight excluding hydrogens is 448 g/mol. The van der Waals surface area contributed by atoms with Crippen LogP contribution in [0.1, 0.15) is 10.5 Å². The van der Waals surface area contributed by atoms with Gasteiger partial charge in [-0.3, -0.25) is 0 Å². The van der Waals surface area contributed by atoms with Gasteiger partial charge in [-0.25, -0.2) is 27.2 Å². The summed E-state index contributed by atoms with van der Waals surface area (Å²) in [5, 5.41) is 31.7. The van der Waals surface area contributed by atoms with Crippen molar-refractivity contribution in [2.24, 2.45) is 0 Å². The smallest absolute Gasteiger partial charge is 0.353 e. The molecule has 0 radical (unpaired) electrons. The Labute approximate surface area is 188 Å². The molecule has 2 aromatic carbocycles. The second-order valence-electron chi connectivity index (χ2n) is 7.13. The van der Waals surface area contributed by atoms with Gasteiger partial charge in [-0.2, -0.15) is 0 Å². The van der Waals surface area contributed by atoms with Crippen molar-refractivity contribution in [3.63, 3.8) is 0 Å². The van der Waals surface area contributed by atoms with Crippen LogP contribution >= 0.6 is 0 Å². The van der Waals surface area contributed by atoms with E-state index in [1.807, 2.05) is 0 Å². The summed E-state index contributed by atoms with van der Waals surface area (Å²) in [6, 6.07) is 17.4. The topological polar surface area (TPSA) is 155 Å². The molecule has 2 heterocycles. The van der Waals surface area contributed by atoms with E-state index in [-0.39, 0.29) is 34.1 Å². The summed E-state index contributed by atoms with van der Waals surface area (Å²) in [7, 11) is -4.32. The van der Waals surface area contributed by atoms with Gasteiger partial charge in [-0.05, 0) is 18.2 Å². The Hall–Kier alpha value is -3.80. The van der Waals surface area contributed by atoms with Gasteiger partial charge in [0, 0.05) is 12.1 Å². The fourth-order valence-electron chi connectivity index (χ4n) is 3.27. The maximum atomic E-state index is 13.5. The normalized spacial score (nSPS) is 12.5. The van der Waals surface area contributed by atoms with Gasteiger partial charge in [0.15, 0.2) is 11.5 Å². The molecule has 4 N–H and O–H groups in total. The molecule has 0 saturated heterocycles. The van der Waals surface area contributed by atoms with Crippen molar-refractivity contribution in [1.82, 2.24) is 13.9 Å². The lowest BCUT2D eigenvalue weighted by atomic mass is 10.2. The van der Waals surface area contributed by atoms with E-state index in [1.165, 1.54) is 30.3 Å². The number of fused-ring (bicyclic) bond motifs is 1. The summed E-state index contributed by atoms with van der Waals surface area (Å²) in [4.78, 5) is 20.8. The van der Waals surface area contributed by atoms with Crippen molar-refractivity contribution < 1.29 is 28.5 Å². The van der Waals surface area contributed by atoms with Gasteiger partial charge < -0.3 is 20.6 Å². The number of rotatable bonds is 8. The number of aromatic carboxylic acids is 1. The molecule has 0 fully saturated rings. The molecule has 1 atom stereocenters. The molecule has 0 saturated carbocycles. The molecule has 0 amide bonds. The lowest BCUT2D eigenvalue weighted by molar-refractivity contribution is 0.0689. The molecule has 2 aromatic heterocycles. The maximum absolute atomic E-state index is 13.5. The lowest BCUT2D eigenvalue weighted by Gasteiger charge is -2.13. The Balaban J connectivity index is 2.03. The monoisotopic (exact) mass is 468 g/mol. The van der Waals surface area contributed by atoms with Crippen LogP contribution in [0, 0.1) is 0 Å². The standard InChI is InChI=1S/C22H20N4O6S/c27-13-15(28)12-23-20-17-11-18(22(29)30)26(33(31,32)16-9-5-2-6-10-16)21(17)25-19(24-20)14-7-3-1-4-8-14/h1-11,15,27-28H,12-13H2,(H,29,30)(H,23,24,25). The van der Waals surface area contributed by atoms with Crippen molar-refractivity contribution in [3.05, 3.63) is 72.4 Å². The molecule has 4 aromatic rings. The molecule has 4 rings (SSSR count). The zero-order chi connectivity index (χ0) is 23.6. The van der Waals surface area contributed by atoms with Gasteiger partial charge in [-0.15, -0.1) is 0 Å². The SMILES string of the molecule is O=C(O)c1cc2c(NCC(O)CO)nc(-c3ccccc3)nc2n1S(=O)(=O)c1ccccc1. The van der Waals surface area contributed by atoms with Crippen LogP contribution in [0.4, 0.5) is 5.82 Å². The summed E-state index contributed by atoms with van der Waals surface area (Å²) in [6.07, 6.45) is -1.11. The Bertz CT molecular complexity index is 1410. The van der Waals surface area contributed by atoms with Crippen molar-refractivity contribution in [1.29, 1.82) is 0 Å². The molecule has 10 nitrogen and oxygen atoms in total. The average molecular weight is 468 g/mol. The first-order chi connectivity index (χ1) is 15.8. The van der Waals surface area contributed by atoms with E-state index in [0.29, 0.717) is 9.54 Å². The van der Waals surface area contributed by atoms with Gasteiger partial charge >= 0.3 is 5.97 Å². The summed E-state index contributed by atoms with van der Waals surface area (Å²) in [6.45, 7) is -0.605. The predicted octanol–water partition coefficient (Wildman–Crippen LogP) is 1.80. The van der Waals surface area contributed by atoms with Crippen molar-refractivity contribution >= 4 is 32.8 Å². The summed E-state index contributed by atoms with van der Waals surface area (Å²) in [5.74, 6) is -1.19. The molecule has 11 heteroatoms. The number of carboxylic acid groups (broad SMARTS) is 1. The minimum atomic E-state index is -4.32. The number of benzene rings is 2. The number of aliphatic hydroxyl groups is 2. The van der Waals surface area contributed by atoms with E-state index in [2.05, 4.69) is 15.3 Å². The van der Waals surface area contributed by atoms with Crippen LogP contribution in [-0.2, 0) is 10.0 Å². The maximum Gasteiger partial charge on any atom is 0.353 e. The number of carboxylic acids is 1. The number of aliphatic hydroxyl groups excluding tert-OH is 2. The molecule has 0 aliphatic rings. The lowest BCUT2D eigenvalue weighted by Crippen LogP contribution is -2.23. The van der Waals surface area contributed by atoms with Crippen LogP contribution in [0.3, 0.4) is 0 Å². The van der Waals surface area contributed by atoms with Gasteiger partial charge in [0.2, 0.25) is 0 Å². The third-order valence-corrected chi connectivity index (χ3v) is 6.58. The van der Waals surface area contributed by atoms with Gasteiger partial charge in [0.1, 0.15) is 11.5 Å². The highest BCUT2D eigenvalue weighted by molar-refractivity contribution is 7.90. The number of nitrogens with one attached hydrogen (secondary N) is 1. The Morgan fingerprint density at radius 2 is 1.67 bits per heavy atom. The average Bonchev–Trinajstić information content (AvgIpc) is 3.24. The van der Waals surface area contributed by atoms with Crippen LogP contribution in [0.5, 0.6) is 0 Å². The van der Waals surface area contributed by atoms with Crippen LogP contribution in [0.15, 0.2) is 71.6 Å². The van der Waals surface area contributed by atoms with E-state index in [9.17, 15) is 23.4 Å². The quantitative estimate of drug-likeness (QED) is 0.303. The molecular formula is C22H20N4O6S. The second-order valence-corrected chi connectivity index (χ2v) is 8.92. The first-order valence-electron chi connectivity index (χ1n) is 9.88. The summed E-state index contributed by atoms with van der Waals surface area (Å²) < 4.78 is 27.6. The largest absolute Gasteiger partial charge is 0.477 e. The minimum Gasteiger partial charge on any atom is -0.477 e. The third kappa shape index (κ3) is 4.29. The number of anilines is 1. The fraction of sp³-hybridized carbons (Fsp3) is 0.136. The molecule has 0 aliphatic heterocycles. The highest BCUT2D eigenvalue weighted by Crippen LogP contribution is 2.31. The third-order valence-electron chi connectivity index (χ3n) is 4.87. The minimum absolute atomic E-state index is 0.101. The Morgan fingerprint density at radius 3 is 2.27 bits per heavy atom. The molecule has 1 unspecified atom stereocenters. The van der Waals surface area contributed by atoms with E-state index >= 15 is 0 Å². The van der Waals surface area contributed by atoms with Crippen LogP contribution < -0.4 is 5.32 Å². The molecule has 0 bridgehead atoms. The van der Waals surface area contributed by atoms with Crippen molar-refractivity contribution in [2.75, 3.05) is 18.5 Å². The number of hydrogen-bond acceptors (Lipinski definition) is 8. The van der Waals surface area contributed by atoms with E-state index in [1.54, 1.807) is 36.4 Å². The van der Waals surface area contributed by atoms with E-state index < -0.39 is 34.4 Å². The second kappa shape index (κ2) is 8.98. The number of aromatic nitrogens is 3. The highest BCUT2D eigenvalue weighted by atomic mass is 32.2. The van der Waals surface area contributed by atoms with Crippen LogP contribution in [-0.4, -0.2) is 62.9 Å². The zero-order valence-corrected chi connectivity index (χ0v) is 18.0. The first-order valence-corrected chi connectivity index (χ1v) is 11.3. The number of hydrogen-bond donors (Lipinski definition) is 4. The molecule has 33 heavy (non-hydrogen) atoms. The van der Waals surface area contributed by atoms with Crippen LogP contribution in [0.25, 0.3) is 22.4 Å². The molecule has 0 aliphatic carbocycles.